The first kappa shape index (κ1) is 14.0. The van der Waals surface area contributed by atoms with Gasteiger partial charge in [-0.15, -0.1) is 0 Å². The highest BCUT2D eigenvalue weighted by Crippen LogP contribution is 2.63. The van der Waals surface area contributed by atoms with Crippen LogP contribution in [0.1, 0.15) is 65.2 Å². The molecule has 0 bridgehead atoms. The van der Waals surface area contributed by atoms with Crippen LogP contribution in [0.4, 0.5) is 0 Å². The number of aliphatic hydroxyl groups excluding tert-OH is 1. The van der Waals surface area contributed by atoms with E-state index < -0.39 is 0 Å². The first-order valence-corrected chi connectivity index (χ1v) is 8.86. The molecule has 4 aliphatic rings. The van der Waals surface area contributed by atoms with Gasteiger partial charge in [0.25, 0.3) is 0 Å². The Balaban J connectivity index is 1.69. The quantitative estimate of drug-likeness (QED) is 0.687. The summed E-state index contributed by atoms with van der Waals surface area (Å²) in [6.07, 6.45) is 10.7. The lowest BCUT2D eigenvalue weighted by molar-refractivity contribution is -0.132. The lowest BCUT2D eigenvalue weighted by Crippen LogP contribution is -2.50. The normalized spacial score (nSPS) is 52.7. The first-order chi connectivity index (χ1) is 9.95. The van der Waals surface area contributed by atoms with Crippen molar-refractivity contribution in [3.8, 4) is 0 Å². The van der Waals surface area contributed by atoms with Crippen LogP contribution >= 0.6 is 0 Å². The van der Waals surface area contributed by atoms with Crippen molar-refractivity contribution in [2.45, 2.75) is 71.3 Å². The summed E-state index contributed by atoms with van der Waals surface area (Å²) >= 11 is 0. The van der Waals surface area contributed by atoms with Gasteiger partial charge < -0.3 is 5.11 Å². The Hall–Kier alpha value is -0.630. The van der Waals surface area contributed by atoms with E-state index in [4.69, 9.17) is 0 Å². The number of carbonyl (C=O) groups is 1. The van der Waals surface area contributed by atoms with Crippen molar-refractivity contribution < 1.29 is 9.90 Å². The van der Waals surface area contributed by atoms with Crippen LogP contribution in [-0.4, -0.2) is 17.0 Å². The third-order valence-electron chi connectivity index (χ3n) is 7.79. The van der Waals surface area contributed by atoms with Crippen molar-refractivity contribution >= 4 is 5.78 Å². The first-order valence-electron chi connectivity index (χ1n) is 8.86. The molecule has 0 aliphatic heterocycles. The molecular weight excluding hydrogens is 260 g/mol. The fourth-order valence-electron chi connectivity index (χ4n) is 6.41. The van der Waals surface area contributed by atoms with Gasteiger partial charge in [-0.2, -0.15) is 0 Å². The molecule has 116 valence electrons. The van der Waals surface area contributed by atoms with Gasteiger partial charge in [0.15, 0.2) is 0 Å². The molecule has 0 unspecified atom stereocenters. The second-order valence-corrected chi connectivity index (χ2v) is 8.57. The monoisotopic (exact) mass is 288 g/mol. The number of allylic oxidation sites excluding steroid dienone is 1. The van der Waals surface area contributed by atoms with Crippen LogP contribution in [0.25, 0.3) is 0 Å². The molecule has 0 aromatic rings. The molecule has 4 aliphatic carbocycles. The molecule has 3 saturated carbocycles. The maximum absolute atomic E-state index is 12.4. The van der Waals surface area contributed by atoms with Crippen molar-refractivity contribution in [1.29, 1.82) is 0 Å². The number of carbonyl (C=O) groups excluding carboxylic acids is 1. The van der Waals surface area contributed by atoms with Crippen molar-refractivity contribution in [3.63, 3.8) is 0 Å². The lowest BCUT2D eigenvalue weighted by Gasteiger charge is -2.56. The predicted molar refractivity (Wildman–Crippen MR) is 82.7 cm³/mol. The fourth-order valence-corrected chi connectivity index (χ4v) is 6.41. The molecule has 0 aromatic heterocycles. The number of aliphatic hydroxyl groups is 1. The minimum absolute atomic E-state index is 0.0168. The molecule has 1 N–H and O–H groups in total. The molecule has 0 aromatic carbocycles. The molecule has 0 saturated heterocycles. The Labute approximate surface area is 128 Å². The summed E-state index contributed by atoms with van der Waals surface area (Å²) in [6, 6.07) is 0. The molecule has 0 radical (unpaired) electrons. The molecule has 4 rings (SSSR count). The molecule has 6 atom stereocenters. The predicted octanol–water partition coefficient (Wildman–Crippen LogP) is 3.88. The van der Waals surface area contributed by atoms with Crippen LogP contribution in [-0.2, 0) is 4.79 Å². The topological polar surface area (TPSA) is 37.3 Å². The van der Waals surface area contributed by atoms with E-state index in [1.165, 1.54) is 12.0 Å². The molecule has 21 heavy (non-hydrogen) atoms. The van der Waals surface area contributed by atoms with Crippen molar-refractivity contribution in [2.75, 3.05) is 0 Å². The smallest absolute Gasteiger partial charge is 0.139 e. The summed E-state index contributed by atoms with van der Waals surface area (Å²) in [5.41, 5.74) is 1.81. The van der Waals surface area contributed by atoms with E-state index in [1.54, 1.807) is 0 Å². The second kappa shape index (κ2) is 4.44. The van der Waals surface area contributed by atoms with Crippen LogP contribution in [0.15, 0.2) is 11.6 Å². The summed E-state index contributed by atoms with van der Waals surface area (Å²) in [6.45, 7) is 4.69. The molecule has 2 heteroatoms. The van der Waals surface area contributed by atoms with Crippen LogP contribution in [0.2, 0.25) is 0 Å². The van der Waals surface area contributed by atoms with Gasteiger partial charge in [0, 0.05) is 11.8 Å². The molecule has 0 heterocycles. The SMILES string of the molecule is C[C@]12CC[C@@H](O)CC1=CC[C@H]1[C@H]2CC[C@]2(C)C(=O)CC[C@H]12. The maximum Gasteiger partial charge on any atom is 0.139 e. The Kier molecular flexibility index (Phi) is 2.96. The zero-order valence-corrected chi connectivity index (χ0v) is 13.4. The van der Waals surface area contributed by atoms with E-state index in [9.17, 15) is 9.90 Å². The van der Waals surface area contributed by atoms with E-state index in [2.05, 4.69) is 19.9 Å². The number of hydrogen-bond donors (Lipinski definition) is 1. The number of hydrogen-bond acceptors (Lipinski definition) is 2. The maximum atomic E-state index is 12.4. The van der Waals surface area contributed by atoms with E-state index in [0.29, 0.717) is 23.0 Å². The van der Waals surface area contributed by atoms with E-state index in [-0.39, 0.29) is 11.5 Å². The van der Waals surface area contributed by atoms with Crippen LogP contribution in [0.5, 0.6) is 0 Å². The zero-order chi connectivity index (χ0) is 14.8. The number of rotatable bonds is 0. The van der Waals surface area contributed by atoms with Gasteiger partial charge in [0.1, 0.15) is 5.78 Å². The Bertz CT molecular complexity index is 508. The third-order valence-corrected chi connectivity index (χ3v) is 7.79. The Morgan fingerprint density at radius 2 is 1.81 bits per heavy atom. The van der Waals surface area contributed by atoms with E-state index in [1.807, 2.05) is 0 Å². The standard InChI is InChI=1S/C19H28O2/c1-18-9-7-13(20)11-12(18)3-4-14-15-5-6-17(21)19(15,2)10-8-16(14)18/h3,13-16,20H,4-11H2,1-2H3/t13-,14-,15-,16-,18+,19+/m1/s1. The Morgan fingerprint density at radius 1 is 1.10 bits per heavy atom. The van der Waals surface area contributed by atoms with Crippen LogP contribution < -0.4 is 0 Å². The summed E-state index contributed by atoms with van der Waals surface area (Å²) in [5, 5.41) is 10.00. The molecule has 2 nitrogen and oxygen atoms in total. The van der Waals surface area contributed by atoms with Gasteiger partial charge >= 0.3 is 0 Å². The highest BCUT2D eigenvalue weighted by atomic mass is 16.3. The molecule has 0 spiro atoms. The molecule has 3 fully saturated rings. The summed E-state index contributed by atoms with van der Waals surface area (Å²) in [4.78, 5) is 12.4. The number of ketones is 1. The average molecular weight is 288 g/mol. The van der Waals surface area contributed by atoms with Crippen molar-refractivity contribution in [3.05, 3.63) is 11.6 Å². The van der Waals surface area contributed by atoms with Gasteiger partial charge in [0.05, 0.1) is 6.10 Å². The number of fused-ring (bicyclic) bond motifs is 5. The molecule has 0 amide bonds. The van der Waals surface area contributed by atoms with Crippen LogP contribution in [0, 0.1) is 28.6 Å². The fraction of sp³-hybridized carbons (Fsp3) is 0.842. The second-order valence-electron chi connectivity index (χ2n) is 8.57. The van der Waals surface area contributed by atoms with Gasteiger partial charge in [0.2, 0.25) is 0 Å². The van der Waals surface area contributed by atoms with Crippen molar-refractivity contribution in [2.24, 2.45) is 28.6 Å². The van der Waals surface area contributed by atoms with Gasteiger partial charge in [-0.25, -0.2) is 0 Å². The minimum atomic E-state index is -0.122. The Morgan fingerprint density at radius 3 is 2.62 bits per heavy atom. The summed E-state index contributed by atoms with van der Waals surface area (Å²) in [5.74, 6) is 2.60. The van der Waals surface area contributed by atoms with Gasteiger partial charge in [-0.1, -0.05) is 25.5 Å². The van der Waals surface area contributed by atoms with Gasteiger partial charge in [-0.3, -0.25) is 4.79 Å². The van der Waals surface area contributed by atoms with Crippen molar-refractivity contribution in [1.82, 2.24) is 0 Å². The lowest BCUT2D eigenvalue weighted by atomic mass is 9.48. The molecular formula is C19H28O2. The largest absolute Gasteiger partial charge is 0.393 e. The zero-order valence-electron chi connectivity index (χ0n) is 13.4. The summed E-state index contributed by atoms with van der Waals surface area (Å²) in [7, 11) is 0. The highest BCUT2D eigenvalue weighted by Gasteiger charge is 2.58. The van der Waals surface area contributed by atoms with Crippen LogP contribution in [0.3, 0.4) is 0 Å². The van der Waals surface area contributed by atoms with E-state index in [0.717, 1.165) is 50.9 Å². The third kappa shape index (κ3) is 1.78. The van der Waals surface area contributed by atoms with E-state index >= 15 is 0 Å². The highest BCUT2D eigenvalue weighted by molar-refractivity contribution is 5.87. The van der Waals surface area contributed by atoms with Gasteiger partial charge in [-0.05, 0) is 68.1 Å². The number of Topliss-reactive ketones (excluding diaryl/α,β-unsaturated/α-hetero) is 1. The summed E-state index contributed by atoms with van der Waals surface area (Å²) < 4.78 is 0. The average Bonchev–Trinajstić information content (AvgIpc) is 2.76. The minimum Gasteiger partial charge on any atom is -0.393 e.